The third-order valence-corrected chi connectivity index (χ3v) is 3.27. The number of carboxylic acid groups (broad SMARTS) is 1. The Bertz CT molecular complexity index is 288. The van der Waals surface area contributed by atoms with E-state index in [0.29, 0.717) is 13.1 Å². The zero-order valence-electron chi connectivity index (χ0n) is 9.77. The van der Waals surface area contributed by atoms with E-state index in [-0.39, 0.29) is 36.7 Å². The van der Waals surface area contributed by atoms with Crippen LogP contribution in [0.4, 0.5) is 0 Å². The van der Waals surface area contributed by atoms with Gasteiger partial charge in [-0.1, -0.05) is 13.8 Å². The van der Waals surface area contributed by atoms with Crippen LogP contribution in [-0.2, 0) is 9.59 Å². The number of carboxylic acids is 1. The van der Waals surface area contributed by atoms with Gasteiger partial charge in [0, 0.05) is 32.0 Å². The van der Waals surface area contributed by atoms with E-state index >= 15 is 0 Å². The molecule has 2 N–H and O–H groups in total. The molecule has 1 fully saturated rings. The molecule has 1 unspecified atom stereocenters. The molecule has 1 heterocycles. The smallest absolute Gasteiger partial charge is 0.303 e. The minimum Gasteiger partial charge on any atom is -0.481 e. The Kier molecular flexibility index (Phi) is 3.91. The lowest BCUT2D eigenvalue weighted by Crippen LogP contribution is -2.30. The molecule has 0 bridgehead atoms. The van der Waals surface area contributed by atoms with Crippen LogP contribution in [0, 0.1) is 11.3 Å². The van der Waals surface area contributed by atoms with Crippen molar-refractivity contribution in [1.82, 2.24) is 4.90 Å². The van der Waals surface area contributed by atoms with Crippen LogP contribution in [0.1, 0.15) is 26.7 Å². The van der Waals surface area contributed by atoms with Crippen LogP contribution in [0.3, 0.4) is 0 Å². The maximum Gasteiger partial charge on any atom is 0.303 e. The van der Waals surface area contributed by atoms with Crippen LogP contribution in [0.5, 0.6) is 0 Å². The number of hydrogen-bond donors (Lipinski definition) is 2. The molecular formula is C11H19NO4. The van der Waals surface area contributed by atoms with Gasteiger partial charge in [-0.05, 0) is 5.41 Å². The molecule has 0 saturated carbocycles. The summed E-state index contributed by atoms with van der Waals surface area (Å²) in [5.41, 5.74) is -0.0896. The standard InChI is InChI=1S/C11H19NO4/c1-11(2)7-12(5-8(11)6-13)9(14)3-4-10(15)16/h8,13H,3-7H2,1-2H3,(H,15,16). The highest BCUT2D eigenvalue weighted by Crippen LogP contribution is 2.34. The molecule has 1 amide bonds. The van der Waals surface area contributed by atoms with Crippen molar-refractivity contribution in [2.24, 2.45) is 11.3 Å². The number of hydrogen-bond acceptors (Lipinski definition) is 3. The zero-order valence-corrected chi connectivity index (χ0v) is 9.77. The lowest BCUT2D eigenvalue weighted by Gasteiger charge is -2.23. The number of carbonyl (C=O) groups is 2. The highest BCUT2D eigenvalue weighted by molar-refractivity contribution is 5.81. The van der Waals surface area contributed by atoms with Crippen LogP contribution >= 0.6 is 0 Å². The highest BCUT2D eigenvalue weighted by atomic mass is 16.4. The molecule has 92 valence electrons. The van der Waals surface area contributed by atoms with E-state index in [0.717, 1.165) is 0 Å². The second-order valence-electron chi connectivity index (χ2n) is 5.04. The van der Waals surface area contributed by atoms with Gasteiger partial charge in [0.15, 0.2) is 0 Å². The van der Waals surface area contributed by atoms with Gasteiger partial charge >= 0.3 is 5.97 Å². The molecule has 1 aliphatic heterocycles. The Balaban J connectivity index is 2.51. The molecule has 5 nitrogen and oxygen atoms in total. The minimum atomic E-state index is -0.953. The van der Waals surface area contributed by atoms with Crippen LogP contribution < -0.4 is 0 Å². The number of aliphatic carboxylic acids is 1. The van der Waals surface area contributed by atoms with E-state index in [1.165, 1.54) is 0 Å². The molecule has 0 aliphatic carbocycles. The fourth-order valence-electron chi connectivity index (χ4n) is 2.07. The summed E-state index contributed by atoms with van der Waals surface area (Å²) in [7, 11) is 0. The fourth-order valence-corrected chi connectivity index (χ4v) is 2.07. The first-order valence-corrected chi connectivity index (χ1v) is 5.47. The van der Waals surface area contributed by atoms with Gasteiger partial charge in [-0.3, -0.25) is 9.59 Å². The molecule has 1 atom stereocenters. The van der Waals surface area contributed by atoms with Crippen LogP contribution in [0.15, 0.2) is 0 Å². The number of rotatable bonds is 4. The summed E-state index contributed by atoms with van der Waals surface area (Å²) in [6, 6.07) is 0. The Morgan fingerprint density at radius 3 is 2.44 bits per heavy atom. The van der Waals surface area contributed by atoms with Crippen LogP contribution in [0.2, 0.25) is 0 Å². The van der Waals surface area contributed by atoms with Gasteiger partial charge in [-0.25, -0.2) is 0 Å². The molecule has 0 spiro atoms. The number of carbonyl (C=O) groups excluding carboxylic acids is 1. The van der Waals surface area contributed by atoms with Gasteiger partial charge in [-0.15, -0.1) is 0 Å². The average molecular weight is 229 g/mol. The first-order chi connectivity index (χ1) is 7.36. The monoisotopic (exact) mass is 229 g/mol. The SMILES string of the molecule is CC1(C)CN(C(=O)CCC(=O)O)CC1CO. The number of nitrogens with zero attached hydrogens (tertiary/aromatic N) is 1. The number of aliphatic hydroxyl groups is 1. The summed E-state index contributed by atoms with van der Waals surface area (Å²) >= 11 is 0. The molecule has 1 aliphatic rings. The van der Waals surface area contributed by atoms with Crippen molar-refractivity contribution in [1.29, 1.82) is 0 Å². The van der Waals surface area contributed by atoms with E-state index in [9.17, 15) is 14.7 Å². The summed E-state index contributed by atoms with van der Waals surface area (Å²) in [5.74, 6) is -1.00. The molecule has 1 saturated heterocycles. The largest absolute Gasteiger partial charge is 0.481 e. The summed E-state index contributed by atoms with van der Waals surface area (Å²) < 4.78 is 0. The first kappa shape index (κ1) is 13.0. The van der Waals surface area contributed by atoms with E-state index in [1.807, 2.05) is 13.8 Å². The quantitative estimate of drug-likeness (QED) is 0.728. The van der Waals surface area contributed by atoms with Gasteiger partial charge in [-0.2, -0.15) is 0 Å². The molecule has 0 aromatic carbocycles. The van der Waals surface area contributed by atoms with E-state index < -0.39 is 5.97 Å². The Hall–Kier alpha value is -1.10. The minimum absolute atomic E-state index is 0.0452. The molecule has 0 aromatic rings. The molecule has 5 heteroatoms. The predicted molar refractivity (Wildman–Crippen MR) is 57.8 cm³/mol. The Morgan fingerprint density at radius 1 is 1.38 bits per heavy atom. The molecular weight excluding hydrogens is 210 g/mol. The van der Waals surface area contributed by atoms with Gasteiger partial charge in [0.2, 0.25) is 5.91 Å². The number of likely N-dealkylation sites (tertiary alicyclic amines) is 1. The third-order valence-electron chi connectivity index (χ3n) is 3.27. The zero-order chi connectivity index (χ0) is 12.3. The summed E-state index contributed by atoms with van der Waals surface area (Å²) in [5, 5.41) is 17.7. The second kappa shape index (κ2) is 4.82. The van der Waals surface area contributed by atoms with Gasteiger partial charge < -0.3 is 15.1 Å². The first-order valence-electron chi connectivity index (χ1n) is 5.47. The second-order valence-corrected chi connectivity index (χ2v) is 5.04. The fraction of sp³-hybridized carbons (Fsp3) is 0.818. The van der Waals surface area contributed by atoms with Crippen molar-refractivity contribution in [3.63, 3.8) is 0 Å². The van der Waals surface area contributed by atoms with Crippen LogP contribution in [-0.4, -0.2) is 46.7 Å². The Morgan fingerprint density at radius 2 is 2.00 bits per heavy atom. The van der Waals surface area contributed by atoms with Crippen molar-refractivity contribution in [2.45, 2.75) is 26.7 Å². The molecule has 0 aromatic heterocycles. The van der Waals surface area contributed by atoms with Gasteiger partial charge in [0.1, 0.15) is 0 Å². The van der Waals surface area contributed by atoms with E-state index in [1.54, 1.807) is 4.90 Å². The lowest BCUT2D eigenvalue weighted by atomic mass is 9.83. The topological polar surface area (TPSA) is 77.8 Å². The van der Waals surface area contributed by atoms with E-state index in [4.69, 9.17) is 5.11 Å². The summed E-state index contributed by atoms with van der Waals surface area (Å²) in [6.45, 7) is 5.21. The summed E-state index contributed by atoms with van der Waals surface area (Å²) in [6.07, 6.45) is -0.0802. The summed E-state index contributed by atoms with van der Waals surface area (Å²) in [4.78, 5) is 23.7. The van der Waals surface area contributed by atoms with Crippen molar-refractivity contribution in [3.8, 4) is 0 Å². The highest BCUT2D eigenvalue weighted by Gasteiger charge is 2.40. The lowest BCUT2D eigenvalue weighted by molar-refractivity contribution is -0.140. The normalized spacial score (nSPS) is 23.4. The molecule has 16 heavy (non-hydrogen) atoms. The van der Waals surface area contributed by atoms with Crippen molar-refractivity contribution < 1.29 is 19.8 Å². The van der Waals surface area contributed by atoms with E-state index in [2.05, 4.69) is 0 Å². The number of amides is 1. The predicted octanol–water partition coefficient (Wildman–Crippen LogP) is 0.328. The molecule has 0 radical (unpaired) electrons. The van der Waals surface area contributed by atoms with Crippen LogP contribution in [0.25, 0.3) is 0 Å². The van der Waals surface area contributed by atoms with Gasteiger partial charge in [0.25, 0.3) is 0 Å². The van der Waals surface area contributed by atoms with Crippen molar-refractivity contribution in [3.05, 3.63) is 0 Å². The Labute approximate surface area is 95.1 Å². The maximum atomic E-state index is 11.7. The maximum absolute atomic E-state index is 11.7. The average Bonchev–Trinajstić information content (AvgIpc) is 2.49. The van der Waals surface area contributed by atoms with Crippen molar-refractivity contribution in [2.75, 3.05) is 19.7 Å². The van der Waals surface area contributed by atoms with Crippen molar-refractivity contribution >= 4 is 11.9 Å². The van der Waals surface area contributed by atoms with Gasteiger partial charge in [0.05, 0.1) is 6.42 Å². The number of aliphatic hydroxyl groups excluding tert-OH is 1. The molecule has 1 rings (SSSR count). The third kappa shape index (κ3) is 2.95.